The Morgan fingerprint density at radius 2 is 2.24 bits per heavy atom. The van der Waals surface area contributed by atoms with E-state index >= 15 is 0 Å². The van der Waals surface area contributed by atoms with Crippen LogP contribution in [0, 0.1) is 0 Å². The van der Waals surface area contributed by atoms with Crippen LogP contribution in [0.4, 0.5) is 5.95 Å². The minimum Gasteiger partial charge on any atom is -0.354 e. The molecule has 3 heterocycles. The minimum absolute atomic E-state index is 0.392. The van der Waals surface area contributed by atoms with E-state index in [9.17, 15) is 0 Å². The average molecular weight is 304 g/mol. The van der Waals surface area contributed by atoms with Crippen LogP contribution >= 0.6 is 11.8 Å². The molecular weight excluding hydrogens is 292 g/mol. The third-order valence-electron chi connectivity index (χ3n) is 2.34. The standard InChI is InChI=1S/C10H12N10S/c1-2-3-12-7-16-8(20-6-11-4-15-20)18-10(17-7)21-9-13-5-14-19-9/h4-6H,2-3H2,1H3,(H,13,14,19)(H,12,16,17,18). The first-order valence-corrected chi connectivity index (χ1v) is 7.05. The van der Waals surface area contributed by atoms with Gasteiger partial charge in [0.15, 0.2) is 5.16 Å². The summed E-state index contributed by atoms with van der Waals surface area (Å²) in [5, 5.41) is 14.8. The van der Waals surface area contributed by atoms with Crippen molar-refractivity contribution < 1.29 is 0 Å². The highest BCUT2D eigenvalue weighted by Gasteiger charge is 2.11. The fourth-order valence-corrected chi connectivity index (χ4v) is 2.08. The quantitative estimate of drug-likeness (QED) is 0.671. The van der Waals surface area contributed by atoms with E-state index in [1.54, 1.807) is 0 Å². The van der Waals surface area contributed by atoms with E-state index in [1.165, 1.54) is 35.4 Å². The number of hydrogen-bond acceptors (Lipinski definition) is 9. The van der Waals surface area contributed by atoms with Crippen LogP contribution in [0.3, 0.4) is 0 Å². The second-order valence-corrected chi connectivity index (χ2v) is 4.86. The maximum Gasteiger partial charge on any atom is 0.257 e. The zero-order valence-electron chi connectivity index (χ0n) is 11.1. The summed E-state index contributed by atoms with van der Waals surface area (Å²) in [5.74, 6) is 0.877. The Hall–Kier alpha value is -2.56. The Morgan fingerprint density at radius 3 is 2.95 bits per heavy atom. The van der Waals surface area contributed by atoms with Crippen LogP contribution in [0.15, 0.2) is 29.3 Å². The SMILES string of the molecule is CCCNc1nc(Sc2ncn[nH]2)nc(-n2cncn2)n1. The van der Waals surface area contributed by atoms with Gasteiger partial charge in [-0.1, -0.05) is 6.92 Å². The molecule has 3 rings (SSSR count). The highest BCUT2D eigenvalue weighted by atomic mass is 32.2. The Morgan fingerprint density at radius 1 is 1.29 bits per heavy atom. The number of aromatic amines is 1. The summed E-state index contributed by atoms with van der Waals surface area (Å²) in [4.78, 5) is 20.9. The molecule has 3 aromatic heterocycles. The van der Waals surface area contributed by atoms with E-state index in [2.05, 4.69) is 52.5 Å². The molecule has 0 saturated carbocycles. The van der Waals surface area contributed by atoms with E-state index < -0.39 is 0 Å². The fourth-order valence-electron chi connectivity index (χ4n) is 1.45. The number of anilines is 1. The van der Waals surface area contributed by atoms with Gasteiger partial charge in [-0.15, -0.1) is 0 Å². The Bertz CT molecular complexity index is 680. The summed E-state index contributed by atoms with van der Waals surface area (Å²) in [6.45, 7) is 2.84. The third-order valence-corrected chi connectivity index (χ3v) is 3.10. The molecule has 0 spiro atoms. The first kappa shape index (κ1) is 13.4. The van der Waals surface area contributed by atoms with Gasteiger partial charge in [-0.05, 0) is 18.2 Å². The van der Waals surface area contributed by atoms with E-state index in [1.807, 2.05) is 0 Å². The molecule has 11 heteroatoms. The van der Waals surface area contributed by atoms with Crippen LogP contribution in [0.25, 0.3) is 5.95 Å². The maximum absolute atomic E-state index is 4.34. The lowest BCUT2D eigenvalue weighted by atomic mass is 10.5. The van der Waals surface area contributed by atoms with Gasteiger partial charge in [0.25, 0.3) is 5.95 Å². The molecule has 0 unspecified atom stereocenters. The lowest BCUT2D eigenvalue weighted by Gasteiger charge is -2.06. The molecule has 0 aliphatic heterocycles. The molecule has 0 bridgehead atoms. The van der Waals surface area contributed by atoms with E-state index in [0.29, 0.717) is 22.2 Å². The molecule has 0 radical (unpaired) electrons. The largest absolute Gasteiger partial charge is 0.354 e. The summed E-state index contributed by atoms with van der Waals surface area (Å²) < 4.78 is 1.48. The van der Waals surface area contributed by atoms with Gasteiger partial charge in [0.1, 0.15) is 19.0 Å². The van der Waals surface area contributed by atoms with E-state index in [0.717, 1.165) is 13.0 Å². The van der Waals surface area contributed by atoms with Crippen molar-refractivity contribution in [2.75, 3.05) is 11.9 Å². The van der Waals surface area contributed by atoms with Gasteiger partial charge in [-0.3, -0.25) is 5.10 Å². The normalized spacial score (nSPS) is 10.7. The van der Waals surface area contributed by atoms with Gasteiger partial charge in [0.2, 0.25) is 11.1 Å². The molecule has 0 aromatic carbocycles. The van der Waals surface area contributed by atoms with Crippen LogP contribution in [0.2, 0.25) is 0 Å². The van der Waals surface area contributed by atoms with Crippen LogP contribution in [0.5, 0.6) is 0 Å². The number of aromatic nitrogens is 9. The van der Waals surface area contributed by atoms with Crippen molar-refractivity contribution in [3.05, 3.63) is 19.0 Å². The number of H-pyrrole nitrogens is 1. The van der Waals surface area contributed by atoms with Gasteiger partial charge >= 0.3 is 0 Å². The molecule has 3 aromatic rings. The number of rotatable bonds is 6. The predicted molar refractivity (Wildman–Crippen MR) is 74.0 cm³/mol. The van der Waals surface area contributed by atoms with Crippen LogP contribution in [-0.2, 0) is 0 Å². The van der Waals surface area contributed by atoms with Gasteiger partial charge < -0.3 is 5.32 Å². The lowest BCUT2D eigenvalue weighted by Crippen LogP contribution is -2.10. The van der Waals surface area contributed by atoms with Gasteiger partial charge in [0, 0.05) is 6.54 Å². The molecule has 108 valence electrons. The lowest BCUT2D eigenvalue weighted by molar-refractivity contribution is 0.755. The second-order valence-electron chi connectivity index (χ2n) is 3.90. The first-order chi connectivity index (χ1) is 10.3. The highest BCUT2D eigenvalue weighted by Crippen LogP contribution is 2.21. The molecule has 21 heavy (non-hydrogen) atoms. The number of nitrogens with zero attached hydrogens (tertiary/aromatic N) is 8. The maximum atomic E-state index is 4.34. The highest BCUT2D eigenvalue weighted by molar-refractivity contribution is 7.99. The van der Waals surface area contributed by atoms with Crippen LogP contribution in [0.1, 0.15) is 13.3 Å². The van der Waals surface area contributed by atoms with Crippen molar-refractivity contribution in [3.63, 3.8) is 0 Å². The van der Waals surface area contributed by atoms with Crippen LogP contribution < -0.4 is 5.32 Å². The summed E-state index contributed by atoms with van der Waals surface area (Å²) in [5.41, 5.74) is 0. The third kappa shape index (κ3) is 3.31. The van der Waals surface area contributed by atoms with Gasteiger partial charge in [-0.2, -0.15) is 29.8 Å². The molecule has 0 aliphatic rings. The summed E-state index contributed by atoms with van der Waals surface area (Å²) in [7, 11) is 0. The molecule has 2 N–H and O–H groups in total. The smallest absolute Gasteiger partial charge is 0.257 e. The predicted octanol–water partition coefficient (Wildman–Crippen LogP) is 0.543. The van der Waals surface area contributed by atoms with Gasteiger partial charge in [0.05, 0.1) is 0 Å². The molecule has 0 fully saturated rings. The molecule has 0 amide bonds. The first-order valence-electron chi connectivity index (χ1n) is 6.23. The zero-order valence-corrected chi connectivity index (χ0v) is 11.9. The van der Waals surface area contributed by atoms with Gasteiger partial charge in [-0.25, -0.2) is 9.97 Å². The van der Waals surface area contributed by atoms with E-state index in [4.69, 9.17) is 0 Å². The van der Waals surface area contributed by atoms with Crippen molar-refractivity contribution in [3.8, 4) is 5.95 Å². The van der Waals surface area contributed by atoms with Crippen LogP contribution in [-0.4, -0.2) is 51.4 Å². The topological polar surface area (TPSA) is 123 Å². The second kappa shape index (κ2) is 6.26. The van der Waals surface area contributed by atoms with Crippen molar-refractivity contribution in [2.24, 2.45) is 0 Å². The Balaban J connectivity index is 1.92. The van der Waals surface area contributed by atoms with E-state index in [-0.39, 0.29) is 0 Å². The average Bonchev–Trinajstić information content (AvgIpc) is 3.18. The molecule has 0 atom stereocenters. The number of hydrogen-bond donors (Lipinski definition) is 2. The molecule has 10 nitrogen and oxygen atoms in total. The monoisotopic (exact) mass is 304 g/mol. The number of nitrogens with one attached hydrogen (secondary N) is 2. The molecule has 0 aliphatic carbocycles. The van der Waals surface area contributed by atoms with Crippen molar-refractivity contribution >= 4 is 17.7 Å². The molecular formula is C10H12N10S. The molecule has 0 saturated heterocycles. The summed E-state index contributed by atoms with van der Waals surface area (Å²) >= 11 is 1.26. The summed E-state index contributed by atoms with van der Waals surface area (Å²) in [6.07, 6.45) is 5.35. The summed E-state index contributed by atoms with van der Waals surface area (Å²) in [6, 6.07) is 0. The van der Waals surface area contributed by atoms with Crippen molar-refractivity contribution in [1.29, 1.82) is 0 Å². The van der Waals surface area contributed by atoms with Crippen molar-refractivity contribution in [1.82, 2.24) is 44.9 Å². The Kier molecular flexibility index (Phi) is 4.00. The minimum atomic E-state index is 0.392. The fraction of sp³-hybridized carbons (Fsp3) is 0.300. The Labute approximate surface area is 123 Å². The zero-order chi connectivity index (χ0) is 14.5. The van der Waals surface area contributed by atoms with Crippen molar-refractivity contribution in [2.45, 2.75) is 23.7 Å².